The lowest BCUT2D eigenvalue weighted by Crippen LogP contribution is -2.26. The highest BCUT2D eigenvalue weighted by atomic mass is 16.3. The monoisotopic (exact) mass is 347 g/mol. The Morgan fingerprint density at radius 2 is 1.92 bits per heavy atom. The maximum atomic E-state index is 12.9. The van der Waals surface area contributed by atoms with Crippen LogP contribution in [-0.2, 0) is 6.42 Å². The van der Waals surface area contributed by atoms with Crippen molar-refractivity contribution in [3.63, 3.8) is 0 Å². The number of para-hydroxylation sites is 1. The minimum atomic E-state index is -0.0868. The van der Waals surface area contributed by atoms with Gasteiger partial charge in [0.05, 0.1) is 23.1 Å². The van der Waals surface area contributed by atoms with Crippen molar-refractivity contribution in [3.8, 4) is 17.0 Å². The number of ketones is 1. The third-order valence-electron chi connectivity index (χ3n) is 4.76. The standard InChI is InChI=1S/C21H21N3O2/c1-21(2)10-15-18(16(25)11-21)20(23-13-6-4-3-5-7-13)19(24-15)14-8-9-22-12-17(14)26/h3-9,12,23-24,26H,10-11H2,1-2H3. The highest BCUT2D eigenvalue weighted by molar-refractivity contribution is 6.08. The van der Waals surface area contributed by atoms with E-state index >= 15 is 0 Å². The second kappa shape index (κ2) is 6.02. The number of carbonyl (C=O) groups is 1. The van der Waals surface area contributed by atoms with Crippen molar-refractivity contribution in [2.45, 2.75) is 26.7 Å². The zero-order chi connectivity index (χ0) is 18.3. The first-order valence-corrected chi connectivity index (χ1v) is 8.68. The summed E-state index contributed by atoms with van der Waals surface area (Å²) in [5, 5.41) is 13.7. The van der Waals surface area contributed by atoms with Gasteiger partial charge in [-0.25, -0.2) is 0 Å². The highest BCUT2D eigenvalue weighted by Crippen LogP contribution is 2.44. The fraction of sp³-hybridized carbons (Fsp3) is 0.238. The molecule has 3 N–H and O–H groups in total. The maximum Gasteiger partial charge on any atom is 0.167 e. The fourth-order valence-electron chi connectivity index (χ4n) is 3.65. The van der Waals surface area contributed by atoms with Crippen molar-refractivity contribution in [1.29, 1.82) is 0 Å². The summed E-state index contributed by atoms with van der Waals surface area (Å²) < 4.78 is 0. The van der Waals surface area contributed by atoms with Crippen molar-refractivity contribution in [2.24, 2.45) is 5.41 Å². The number of aromatic amines is 1. The topological polar surface area (TPSA) is 78.0 Å². The molecule has 1 aliphatic carbocycles. The number of pyridine rings is 1. The fourth-order valence-corrected chi connectivity index (χ4v) is 3.65. The Morgan fingerprint density at radius 3 is 2.65 bits per heavy atom. The van der Waals surface area contributed by atoms with E-state index in [-0.39, 0.29) is 16.9 Å². The van der Waals surface area contributed by atoms with Gasteiger partial charge in [-0.3, -0.25) is 9.78 Å². The van der Waals surface area contributed by atoms with E-state index in [0.29, 0.717) is 28.9 Å². The number of benzene rings is 1. The molecule has 1 aromatic carbocycles. The molecule has 26 heavy (non-hydrogen) atoms. The predicted molar refractivity (Wildman–Crippen MR) is 102 cm³/mol. The molecule has 0 atom stereocenters. The number of aromatic hydroxyl groups is 1. The van der Waals surface area contributed by atoms with Gasteiger partial charge in [0.25, 0.3) is 0 Å². The summed E-state index contributed by atoms with van der Waals surface area (Å²) >= 11 is 0. The summed E-state index contributed by atoms with van der Waals surface area (Å²) in [6, 6.07) is 11.5. The minimum Gasteiger partial charge on any atom is -0.506 e. The maximum absolute atomic E-state index is 12.9. The van der Waals surface area contributed by atoms with Gasteiger partial charge in [0, 0.05) is 29.6 Å². The van der Waals surface area contributed by atoms with E-state index in [1.54, 1.807) is 12.3 Å². The summed E-state index contributed by atoms with van der Waals surface area (Å²) in [5.41, 5.74) is 4.46. The van der Waals surface area contributed by atoms with E-state index in [9.17, 15) is 9.90 Å². The summed E-state index contributed by atoms with van der Waals surface area (Å²) in [6.45, 7) is 4.20. The van der Waals surface area contributed by atoms with Crippen LogP contribution in [-0.4, -0.2) is 20.9 Å². The number of nitrogens with zero attached hydrogens (tertiary/aromatic N) is 1. The van der Waals surface area contributed by atoms with E-state index in [4.69, 9.17) is 0 Å². The first-order valence-electron chi connectivity index (χ1n) is 8.68. The molecule has 1 aliphatic rings. The minimum absolute atomic E-state index is 0.0777. The molecule has 132 valence electrons. The van der Waals surface area contributed by atoms with Crippen LogP contribution in [0, 0.1) is 5.41 Å². The van der Waals surface area contributed by atoms with E-state index in [2.05, 4.69) is 29.1 Å². The van der Waals surface area contributed by atoms with Crippen LogP contribution in [0.15, 0.2) is 48.8 Å². The van der Waals surface area contributed by atoms with Crippen LogP contribution in [0.4, 0.5) is 11.4 Å². The van der Waals surface area contributed by atoms with Crippen LogP contribution >= 0.6 is 0 Å². The van der Waals surface area contributed by atoms with E-state index < -0.39 is 0 Å². The lowest BCUT2D eigenvalue weighted by Gasteiger charge is -2.28. The van der Waals surface area contributed by atoms with Gasteiger partial charge in [-0.15, -0.1) is 0 Å². The van der Waals surface area contributed by atoms with Crippen molar-refractivity contribution in [2.75, 3.05) is 5.32 Å². The molecule has 3 aromatic rings. The van der Waals surface area contributed by atoms with E-state index in [1.807, 2.05) is 30.3 Å². The van der Waals surface area contributed by atoms with Gasteiger partial charge in [0.1, 0.15) is 5.75 Å². The van der Waals surface area contributed by atoms with Crippen LogP contribution in [0.1, 0.15) is 36.3 Å². The number of Topliss-reactive ketones (excluding diaryl/α,β-unsaturated/α-hetero) is 1. The van der Waals surface area contributed by atoms with Crippen LogP contribution in [0.5, 0.6) is 5.75 Å². The molecular formula is C21H21N3O2. The average molecular weight is 347 g/mol. The molecule has 0 aliphatic heterocycles. The number of anilines is 2. The average Bonchev–Trinajstić information content (AvgIpc) is 2.93. The van der Waals surface area contributed by atoms with Gasteiger partial charge in [-0.1, -0.05) is 32.0 Å². The molecule has 2 aromatic heterocycles. The van der Waals surface area contributed by atoms with Crippen molar-refractivity contribution >= 4 is 17.2 Å². The van der Waals surface area contributed by atoms with E-state index in [1.165, 1.54) is 6.20 Å². The second-order valence-corrected chi connectivity index (χ2v) is 7.55. The lowest BCUT2D eigenvalue weighted by atomic mass is 9.76. The molecule has 0 fully saturated rings. The number of nitrogens with one attached hydrogen (secondary N) is 2. The number of hydrogen-bond donors (Lipinski definition) is 3. The molecule has 0 radical (unpaired) electrons. The Labute approximate surface area is 152 Å². The van der Waals surface area contributed by atoms with Crippen molar-refractivity contribution < 1.29 is 9.90 Å². The molecule has 0 bridgehead atoms. The molecule has 0 spiro atoms. The van der Waals surface area contributed by atoms with Crippen LogP contribution in [0.3, 0.4) is 0 Å². The summed E-state index contributed by atoms with van der Waals surface area (Å²) in [6.07, 6.45) is 4.33. The molecule has 4 rings (SSSR count). The number of fused-ring (bicyclic) bond motifs is 1. The molecule has 5 heteroatoms. The Bertz CT molecular complexity index is 974. The molecule has 5 nitrogen and oxygen atoms in total. The lowest BCUT2D eigenvalue weighted by molar-refractivity contribution is 0.0912. The molecule has 0 amide bonds. The zero-order valence-electron chi connectivity index (χ0n) is 14.8. The van der Waals surface area contributed by atoms with Crippen LogP contribution in [0.2, 0.25) is 0 Å². The van der Waals surface area contributed by atoms with Gasteiger partial charge in [0.15, 0.2) is 5.78 Å². The van der Waals surface area contributed by atoms with Gasteiger partial charge in [-0.05, 0) is 30.0 Å². The number of H-pyrrole nitrogens is 1. The first kappa shape index (κ1) is 16.4. The third-order valence-corrected chi connectivity index (χ3v) is 4.76. The normalized spacial score (nSPS) is 15.5. The third kappa shape index (κ3) is 2.86. The molecule has 0 unspecified atom stereocenters. The van der Waals surface area contributed by atoms with Gasteiger partial charge in [0.2, 0.25) is 0 Å². The number of carbonyl (C=O) groups excluding carboxylic acids is 1. The SMILES string of the molecule is CC1(C)CC(=O)c2c([nH]c(-c3ccncc3O)c2Nc2ccccc2)C1. The van der Waals surface area contributed by atoms with Crippen molar-refractivity contribution in [3.05, 3.63) is 60.0 Å². The quantitative estimate of drug-likeness (QED) is 0.643. The van der Waals surface area contributed by atoms with E-state index in [0.717, 1.165) is 17.8 Å². The molecule has 0 saturated heterocycles. The molecule has 0 saturated carbocycles. The predicted octanol–water partition coefficient (Wildman–Crippen LogP) is 4.68. The first-order chi connectivity index (χ1) is 12.4. The smallest absolute Gasteiger partial charge is 0.167 e. The summed E-state index contributed by atoms with van der Waals surface area (Å²) in [7, 11) is 0. The molecule has 2 heterocycles. The van der Waals surface area contributed by atoms with Crippen LogP contribution in [0.25, 0.3) is 11.3 Å². The Hall–Kier alpha value is -3.08. The van der Waals surface area contributed by atoms with Gasteiger partial charge >= 0.3 is 0 Å². The number of rotatable bonds is 3. The Balaban J connectivity index is 1.91. The molecular weight excluding hydrogens is 326 g/mol. The zero-order valence-corrected chi connectivity index (χ0v) is 14.8. The summed E-state index contributed by atoms with van der Waals surface area (Å²) in [5.74, 6) is 0.194. The van der Waals surface area contributed by atoms with Crippen LogP contribution < -0.4 is 5.32 Å². The number of hydrogen-bond acceptors (Lipinski definition) is 4. The largest absolute Gasteiger partial charge is 0.506 e. The number of aromatic nitrogens is 2. The van der Waals surface area contributed by atoms with Gasteiger partial charge < -0.3 is 15.4 Å². The highest BCUT2D eigenvalue weighted by Gasteiger charge is 2.36. The second-order valence-electron chi connectivity index (χ2n) is 7.55. The van der Waals surface area contributed by atoms with Crippen molar-refractivity contribution in [1.82, 2.24) is 9.97 Å². The Kier molecular flexibility index (Phi) is 3.80. The summed E-state index contributed by atoms with van der Waals surface area (Å²) in [4.78, 5) is 20.3. The Morgan fingerprint density at radius 1 is 1.15 bits per heavy atom. The van der Waals surface area contributed by atoms with Gasteiger partial charge in [-0.2, -0.15) is 0 Å².